The van der Waals surface area contributed by atoms with Crippen LogP contribution in [0, 0.1) is 0 Å². The summed E-state index contributed by atoms with van der Waals surface area (Å²) in [6, 6.07) is 8.02. The van der Waals surface area contributed by atoms with Crippen LogP contribution in [0.4, 0.5) is 5.69 Å². The Kier molecular flexibility index (Phi) is 4.39. The standard InChI is InChI=1S/C12H13BrN2OS/c1-2-16-12-10(4-3-7-14-12)15-8-9-5-6-11(13)17-9/h3-7,15H,2,8H2,1H3. The number of rotatable bonds is 5. The molecule has 2 heterocycles. The molecule has 0 atom stereocenters. The summed E-state index contributed by atoms with van der Waals surface area (Å²) in [5.74, 6) is 0.658. The molecule has 17 heavy (non-hydrogen) atoms. The third kappa shape index (κ3) is 3.44. The van der Waals surface area contributed by atoms with Gasteiger partial charge in [0.05, 0.1) is 16.1 Å². The molecule has 0 unspecified atom stereocenters. The number of halogens is 1. The van der Waals surface area contributed by atoms with Gasteiger partial charge in [-0.15, -0.1) is 11.3 Å². The van der Waals surface area contributed by atoms with Gasteiger partial charge in [-0.2, -0.15) is 0 Å². The zero-order chi connectivity index (χ0) is 12.1. The van der Waals surface area contributed by atoms with Crippen molar-refractivity contribution in [1.29, 1.82) is 0 Å². The maximum Gasteiger partial charge on any atom is 0.237 e. The van der Waals surface area contributed by atoms with Gasteiger partial charge >= 0.3 is 0 Å². The molecule has 1 N–H and O–H groups in total. The quantitative estimate of drug-likeness (QED) is 0.908. The highest BCUT2D eigenvalue weighted by molar-refractivity contribution is 9.11. The normalized spacial score (nSPS) is 10.2. The molecule has 3 nitrogen and oxygen atoms in total. The fourth-order valence-corrected chi connectivity index (χ4v) is 2.83. The summed E-state index contributed by atoms with van der Waals surface area (Å²) >= 11 is 5.17. The van der Waals surface area contributed by atoms with Crippen LogP contribution in [0.3, 0.4) is 0 Å². The number of pyridine rings is 1. The van der Waals surface area contributed by atoms with E-state index < -0.39 is 0 Å². The fourth-order valence-electron chi connectivity index (χ4n) is 1.41. The number of anilines is 1. The van der Waals surface area contributed by atoms with Gasteiger partial charge < -0.3 is 10.1 Å². The van der Waals surface area contributed by atoms with Gasteiger partial charge in [0.15, 0.2) is 0 Å². The summed E-state index contributed by atoms with van der Waals surface area (Å²) in [6.45, 7) is 3.35. The number of hydrogen-bond acceptors (Lipinski definition) is 4. The van der Waals surface area contributed by atoms with E-state index in [2.05, 4.69) is 32.3 Å². The monoisotopic (exact) mass is 312 g/mol. The minimum absolute atomic E-state index is 0.621. The summed E-state index contributed by atoms with van der Waals surface area (Å²) in [5, 5.41) is 3.33. The number of hydrogen-bond donors (Lipinski definition) is 1. The van der Waals surface area contributed by atoms with Crippen molar-refractivity contribution in [3.8, 4) is 5.88 Å². The fraction of sp³-hybridized carbons (Fsp3) is 0.250. The first kappa shape index (κ1) is 12.4. The van der Waals surface area contributed by atoms with E-state index in [4.69, 9.17) is 4.74 Å². The average Bonchev–Trinajstić information content (AvgIpc) is 2.74. The van der Waals surface area contributed by atoms with Gasteiger partial charge in [-0.25, -0.2) is 4.98 Å². The first-order valence-corrected chi connectivity index (χ1v) is 6.96. The molecule has 0 amide bonds. The van der Waals surface area contributed by atoms with E-state index in [1.54, 1.807) is 17.5 Å². The van der Waals surface area contributed by atoms with Crippen LogP contribution in [0.1, 0.15) is 11.8 Å². The number of nitrogens with zero attached hydrogens (tertiary/aromatic N) is 1. The van der Waals surface area contributed by atoms with Crippen LogP contribution in [0.2, 0.25) is 0 Å². The molecule has 0 fully saturated rings. The SMILES string of the molecule is CCOc1ncccc1NCc1ccc(Br)s1. The molecule has 2 rings (SSSR count). The van der Waals surface area contributed by atoms with E-state index in [0.29, 0.717) is 12.5 Å². The molecule has 0 aliphatic heterocycles. The van der Waals surface area contributed by atoms with Crippen molar-refractivity contribution < 1.29 is 4.74 Å². The van der Waals surface area contributed by atoms with Crippen molar-refractivity contribution in [1.82, 2.24) is 4.98 Å². The molecule has 2 aromatic heterocycles. The summed E-state index contributed by atoms with van der Waals surface area (Å²) in [5.41, 5.74) is 0.930. The van der Waals surface area contributed by atoms with Crippen LogP contribution in [0.15, 0.2) is 34.2 Å². The maximum absolute atomic E-state index is 5.45. The van der Waals surface area contributed by atoms with Gasteiger partial charge in [-0.05, 0) is 47.1 Å². The van der Waals surface area contributed by atoms with Gasteiger partial charge in [0.25, 0.3) is 0 Å². The highest BCUT2D eigenvalue weighted by atomic mass is 79.9. The van der Waals surface area contributed by atoms with Gasteiger partial charge in [0.2, 0.25) is 5.88 Å². The van der Waals surface area contributed by atoms with E-state index in [1.807, 2.05) is 25.1 Å². The Hall–Kier alpha value is -1.07. The largest absolute Gasteiger partial charge is 0.476 e. The Morgan fingerprint density at radius 3 is 3.00 bits per heavy atom. The van der Waals surface area contributed by atoms with Gasteiger partial charge in [0.1, 0.15) is 0 Å². The molecule has 0 saturated heterocycles. The zero-order valence-corrected chi connectivity index (χ0v) is 11.8. The molecule has 0 spiro atoms. The lowest BCUT2D eigenvalue weighted by atomic mass is 10.4. The summed E-state index contributed by atoms with van der Waals surface area (Å²) in [7, 11) is 0. The lowest BCUT2D eigenvalue weighted by Crippen LogP contribution is -2.02. The first-order valence-electron chi connectivity index (χ1n) is 5.35. The highest BCUT2D eigenvalue weighted by Crippen LogP contribution is 2.25. The summed E-state index contributed by atoms with van der Waals surface area (Å²) in [4.78, 5) is 5.46. The molecular formula is C12H13BrN2OS. The van der Waals surface area contributed by atoms with E-state index in [9.17, 15) is 0 Å². The zero-order valence-electron chi connectivity index (χ0n) is 9.44. The summed E-state index contributed by atoms with van der Waals surface area (Å²) in [6.07, 6.45) is 1.73. The Labute approximate surface area is 113 Å². The van der Waals surface area contributed by atoms with Gasteiger partial charge in [-0.3, -0.25) is 0 Å². The molecule has 0 radical (unpaired) electrons. The lowest BCUT2D eigenvalue weighted by molar-refractivity contribution is 0.328. The van der Waals surface area contributed by atoms with Crippen molar-refractivity contribution >= 4 is 33.0 Å². The topological polar surface area (TPSA) is 34.1 Å². The Bertz CT molecular complexity index is 487. The Balaban J connectivity index is 2.03. The van der Waals surface area contributed by atoms with Crippen LogP contribution in [0.25, 0.3) is 0 Å². The molecule has 90 valence electrons. The summed E-state index contributed by atoms with van der Waals surface area (Å²) < 4.78 is 6.60. The van der Waals surface area contributed by atoms with Crippen LogP contribution in [0.5, 0.6) is 5.88 Å². The van der Waals surface area contributed by atoms with Crippen molar-refractivity contribution in [3.63, 3.8) is 0 Å². The minimum atomic E-state index is 0.621. The second-order valence-corrected chi connectivity index (χ2v) is 5.90. The van der Waals surface area contributed by atoms with Crippen LogP contribution in [-0.4, -0.2) is 11.6 Å². The third-order valence-electron chi connectivity index (χ3n) is 2.13. The first-order chi connectivity index (χ1) is 8.29. The Morgan fingerprint density at radius 1 is 1.41 bits per heavy atom. The van der Waals surface area contributed by atoms with E-state index >= 15 is 0 Å². The average molecular weight is 313 g/mol. The smallest absolute Gasteiger partial charge is 0.237 e. The predicted octanol–water partition coefficient (Wildman–Crippen LogP) is 3.92. The molecule has 0 aliphatic carbocycles. The minimum Gasteiger partial charge on any atom is -0.476 e. The molecular weight excluding hydrogens is 300 g/mol. The number of thiophene rings is 1. The van der Waals surface area contributed by atoms with Gasteiger partial charge in [0, 0.05) is 17.6 Å². The number of nitrogens with one attached hydrogen (secondary N) is 1. The molecule has 2 aromatic rings. The molecule has 0 aliphatic rings. The molecule has 0 saturated carbocycles. The van der Waals surface area contributed by atoms with Crippen LogP contribution >= 0.6 is 27.3 Å². The van der Waals surface area contributed by atoms with Crippen molar-refractivity contribution in [3.05, 3.63) is 39.1 Å². The third-order valence-corrected chi connectivity index (χ3v) is 3.76. The second kappa shape index (κ2) is 6.02. The maximum atomic E-state index is 5.45. The number of ether oxygens (including phenoxy) is 1. The van der Waals surface area contributed by atoms with Crippen molar-refractivity contribution in [2.24, 2.45) is 0 Å². The van der Waals surface area contributed by atoms with Crippen LogP contribution in [-0.2, 0) is 6.54 Å². The highest BCUT2D eigenvalue weighted by Gasteiger charge is 2.04. The van der Waals surface area contributed by atoms with Crippen LogP contribution < -0.4 is 10.1 Å². The molecule has 0 aromatic carbocycles. The number of aromatic nitrogens is 1. The van der Waals surface area contributed by atoms with E-state index in [1.165, 1.54) is 4.88 Å². The predicted molar refractivity (Wildman–Crippen MR) is 74.8 cm³/mol. The Morgan fingerprint density at radius 2 is 2.29 bits per heavy atom. The second-order valence-electron chi connectivity index (χ2n) is 3.35. The molecule has 5 heteroatoms. The van der Waals surface area contributed by atoms with E-state index in [-0.39, 0.29) is 0 Å². The van der Waals surface area contributed by atoms with Gasteiger partial charge in [-0.1, -0.05) is 0 Å². The molecule has 0 bridgehead atoms. The van der Waals surface area contributed by atoms with Crippen molar-refractivity contribution in [2.45, 2.75) is 13.5 Å². The van der Waals surface area contributed by atoms with Crippen molar-refractivity contribution in [2.75, 3.05) is 11.9 Å². The van der Waals surface area contributed by atoms with E-state index in [0.717, 1.165) is 16.0 Å². The lowest BCUT2D eigenvalue weighted by Gasteiger charge is -2.09.